The highest BCUT2D eigenvalue weighted by molar-refractivity contribution is 5.77. The Morgan fingerprint density at radius 1 is 1.50 bits per heavy atom. The number of carbonyl (C=O) groups is 1. The zero-order valence-electron chi connectivity index (χ0n) is 10.7. The third-order valence-corrected chi connectivity index (χ3v) is 3.29. The van der Waals surface area contributed by atoms with E-state index in [1.54, 1.807) is 25.8 Å². The minimum Gasteiger partial charge on any atom is -0.480 e. The second-order valence-corrected chi connectivity index (χ2v) is 4.87. The molecule has 2 rings (SSSR count). The van der Waals surface area contributed by atoms with Crippen LogP contribution in [0.2, 0.25) is 0 Å². The molecule has 0 radical (unpaired) electrons. The molecule has 0 saturated heterocycles. The molecule has 1 aromatic heterocycles. The molecule has 0 unspecified atom stereocenters. The SMILES string of the molecule is CN(Cc1ccc2ncoc2c1)C(C)(C)C(=O)O. The molecule has 0 amide bonds. The molecular weight excluding hydrogens is 232 g/mol. The summed E-state index contributed by atoms with van der Waals surface area (Å²) in [5.41, 5.74) is 1.61. The number of aliphatic carboxylic acids is 1. The molecule has 1 heterocycles. The van der Waals surface area contributed by atoms with Crippen LogP contribution in [0.4, 0.5) is 0 Å². The van der Waals surface area contributed by atoms with Crippen LogP contribution in [-0.2, 0) is 11.3 Å². The van der Waals surface area contributed by atoms with Crippen LogP contribution in [0.3, 0.4) is 0 Å². The maximum absolute atomic E-state index is 11.2. The summed E-state index contributed by atoms with van der Waals surface area (Å²) in [5, 5.41) is 9.16. The monoisotopic (exact) mass is 248 g/mol. The molecule has 18 heavy (non-hydrogen) atoms. The first-order valence-electron chi connectivity index (χ1n) is 5.68. The third-order valence-electron chi connectivity index (χ3n) is 3.29. The standard InChI is InChI=1S/C13H16N2O3/c1-13(2,12(16)17)15(3)7-9-4-5-10-11(6-9)18-8-14-10/h4-6,8H,7H2,1-3H3,(H,16,17). The van der Waals surface area contributed by atoms with Gasteiger partial charge >= 0.3 is 5.97 Å². The summed E-state index contributed by atoms with van der Waals surface area (Å²) >= 11 is 0. The fourth-order valence-electron chi connectivity index (χ4n) is 1.63. The Bertz CT molecular complexity index is 574. The summed E-state index contributed by atoms with van der Waals surface area (Å²) in [6, 6.07) is 5.69. The van der Waals surface area contributed by atoms with E-state index in [1.807, 2.05) is 18.2 Å². The Balaban J connectivity index is 2.20. The summed E-state index contributed by atoms with van der Waals surface area (Å²) in [7, 11) is 1.79. The van der Waals surface area contributed by atoms with Crippen LogP contribution in [-0.4, -0.2) is 33.5 Å². The number of carboxylic acids is 1. The van der Waals surface area contributed by atoms with Crippen molar-refractivity contribution in [2.75, 3.05) is 7.05 Å². The molecule has 0 aliphatic carbocycles. The van der Waals surface area contributed by atoms with Crippen molar-refractivity contribution in [3.63, 3.8) is 0 Å². The Kier molecular flexibility index (Phi) is 3.09. The van der Waals surface area contributed by atoms with Crippen molar-refractivity contribution in [1.82, 2.24) is 9.88 Å². The normalized spacial score (nSPS) is 12.2. The van der Waals surface area contributed by atoms with Crippen molar-refractivity contribution >= 4 is 17.1 Å². The molecule has 5 heteroatoms. The lowest BCUT2D eigenvalue weighted by Gasteiger charge is -2.31. The molecule has 2 aromatic rings. The number of aromatic nitrogens is 1. The van der Waals surface area contributed by atoms with Gasteiger partial charge in [0, 0.05) is 6.54 Å². The summed E-state index contributed by atoms with van der Waals surface area (Å²) in [5.74, 6) is -0.842. The van der Waals surface area contributed by atoms with Gasteiger partial charge in [-0.05, 0) is 38.6 Å². The van der Waals surface area contributed by atoms with E-state index in [2.05, 4.69) is 4.98 Å². The largest absolute Gasteiger partial charge is 0.480 e. The Morgan fingerprint density at radius 3 is 2.89 bits per heavy atom. The first-order valence-corrected chi connectivity index (χ1v) is 5.68. The summed E-state index contributed by atoms with van der Waals surface area (Å²) < 4.78 is 5.23. The van der Waals surface area contributed by atoms with E-state index in [1.165, 1.54) is 6.39 Å². The number of carboxylic acid groups (broad SMARTS) is 1. The number of hydrogen-bond donors (Lipinski definition) is 1. The number of hydrogen-bond acceptors (Lipinski definition) is 4. The van der Waals surface area contributed by atoms with Gasteiger partial charge in [-0.1, -0.05) is 6.07 Å². The molecule has 1 N–H and O–H groups in total. The highest BCUT2D eigenvalue weighted by Crippen LogP contribution is 2.19. The van der Waals surface area contributed by atoms with Gasteiger partial charge in [-0.2, -0.15) is 0 Å². The van der Waals surface area contributed by atoms with E-state index in [0.717, 1.165) is 11.1 Å². The molecule has 0 aliphatic heterocycles. The van der Waals surface area contributed by atoms with E-state index in [4.69, 9.17) is 9.52 Å². The Morgan fingerprint density at radius 2 is 2.22 bits per heavy atom. The first kappa shape index (κ1) is 12.6. The van der Waals surface area contributed by atoms with Crippen molar-refractivity contribution in [3.8, 4) is 0 Å². The van der Waals surface area contributed by atoms with Crippen LogP contribution in [0.5, 0.6) is 0 Å². The molecule has 0 spiro atoms. The van der Waals surface area contributed by atoms with Crippen molar-refractivity contribution in [3.05, 3.63) is 30.2 Å². The zero-order chi connectivity index (χ0) is 13.3. The van der Waals surface area contributed by atoms with Crippen LogP contribution in [0.15, 0.2) is 29.0 Å². The van der Waals surface area contributed by atoms with Gasteiger partial charge in [0.15, 0.2) is 12.0 Å². The van der Waals surface area contributed by atoms with Crippen molar-refractivity contribution < 1.29 is 14.3 Å². The highest BCUT2D eigenvalue weighted by Gasteiger charge is 2.31. The molecule has 0 saturated carbocycles. The number of likely N-dealkylation sites (N-methyl/N-ethyl adjacent to an activating group) is 1. The Hall–Kier alpha value is -1.88. The maximum Gasteiger partial charge on any atom is 0.323 e. The van der Waals surface area contributed by atoms with Crippen LogP contribution in [0.1, 0.15) is 19.4 Å². The molecule has 0 fully saturated rings. The van der Waals surface area contributed by atoms with Gasteiger partial charge in [-0.15, -0.1) is 0 Å². The predicted octanol–water partition coefficient (Wildman–Crippen LogP) is 2.12. The number of oxazole rings is 1. The Labute approximate surface area is 105 Å². The zero-order valence-corrected chi connectivity index (χ0v) is 10.7. The maximum atomic E-state index is 11.2. The fourth-order valence-corrected chi connectivity index (χ4v) is 1.63. The summed E-state index contributed by atoms with van der Waals surface area (Å²) in [6.45, 7) is 3.90. The van der Waals surface area contributed by atoms with Crippen LogP contribution < -0.4 is 0 Å². The topological polar surface area (TPSA) is 66.6 Å². The smallest absolute Gasteiger partial charge is 0.323 e. The van der Waals surface area contributed by atoms with Gasteiger partial charge < -0.3 is 9.52 Å². The second-order valence-electron chi connectivity index (χ2n) is 4.87. The second kappa shape index (κ2) is 4.42. The highest BCUT2D eigenvalue weighted by atomic mass is 16.4. The molecular formula is C13H16N2O3. The third kappa shape index (κ3) is 2.22. The number of benzene rings is 1. The summed E-state index contributed by atoms with van der Waals surface area (Å²) in [6.07, 6.45) is 1.40. The fraction of sp³-hybridized carbons (Fsp3) is 0.385. The molecule has 0 bridgehead atoms. The summed E-state index contributed by atoms with van der Waals surface area (Å²) in [4.78, 5) is 17.0. The van der Waals surface area contributed by atoms with E-state index in [9.17, 15) is 4.79 Å². The van der Waals surface area contributed by atoms with Crippen molar-refractivity contribution in [2.45, 2.75) is 25.9 Å². The minimum absolute atomic E-state index is 0.538. The van der Waals surface area contributed by atoms with Gasteiger partial charge in [-0.25, -0.2) is 4.98 Å². The lowest BCUT2D eigenvalue weighted by atomic mass is 10.0. The number of nitrogens with zero attached hydrogens (tertiary/aromatic N) is 2. The minimum atomic E-state index is -0.906. The van der Waals surface area contributed by atoms with Gasteiger partial charge in [0.25, 0.3) is 0 Å². The molecule has 0 atom stereocenters. The van der Waals surface area contributed by atoms with Gasteiger partial charge in [0.2, 0.25) is 0 Å². The number of rotatable bonds is 4. The lowest BCUT2D eigenvalue weighted by molar-refractivity contribution is -0.148. The molecule has 0 aliphatic rings. The van der Waals surface area contributed by atoms with Crippen LogP contribution in [0.25, 0.3) is 11.1 Å². The number of fused-ring (bicyclic) bond motifs is 1. The molecule has 1 aromatic carbocycles. The average molecular weight is 248 g/mol. The van der Waals surface area contributed by atoms with E-state index >= 15 is 0 Å². The van der Waals surface area contributed by atoms with Crippen molar-refractivity contribution in [2.24, 2.45) is 0 Å². The predicted molar refractivity (Wildman–Crippen MR) is 67.2 cm³/mol. The van der Waals surface area contributed by atoms with Gasteiger partial charge in [0.1, 0.15) is 11.1 Å². The van der Waals surface area contributed by atoms with E-state index < -0.39 is 11.5 Å². The first-order chi connectivity index (χ1) is 8.41. The van der Waals surface area contributed by atoms with Gasteiger partial charge in [0.05, 0.1) is 0 Å². The van der Waals surface area contributed by atoms with Crippen LogP contribution >= 0.6 is 0 Å². The lowest BCUT2D eigenvalue weighted by Crippen LogP contribution is -2.47. The van der Waals surface area contributed by atoms with Crippen LogP contribution in [0, 0.1) is 0 Å². The molecule has 96 valence electrons. The molecule has 5 nitrogen and oxygen atoms in total. The van der Waals surface area contributed by atoms with E-state index in [0.29, 0.717) is 12.1 Å². The van der Waals surface area contributed by atoms with Gasteiger partial charge in [-0.3, -0.25) is 9.69 Å². The average Bonchev–Trinajstić information content (AvgIpc) is 2.75. The quantitative estimate of drug-likeness (QED) is 0.897. The van der Waals surface area contributed by atoms with Crippen molar-refractivity contribution in [1.29, 1.82) is 0 Å². The van der Waals surface area contributed by atoms with E-state index in [-0.39, 0.29) is 0 Å².